The van der Waals surface area contributed by atoms with E-state index in [0.717, 1.165) is 0 Å². The highest BCUT2D eigenvalue weighted by Crippen LogP contribution is 2.51. The highest BCUT2D eigenvalue weighted by molar-refractivity contribution is 6.11. The zero-order valence-corrected chi connectivity index (χ0v) is 45.3. The molecule has 0 amide bonds. The van der Waals surface area contributed by atoms with Gasteiger partial charge in [-0.3, -0.25) is 0 Å². The summed E-state index contributed by atoms with van der Waals surface area (Å²) in [5, 5.41) is 5.06. The summed E-state index contributed by atoms with van der Waals surface area (Å²) in [6, 6.07) is 102. The van der Waals surface area contributed by atoms with Crippen molar-refractivity contribution in [1.29, 1.82) is 0 Å². The Hall–Kier alpha value is -10.3. The Morgan fingerprint density at radius 3 is 0.889 bits per heavy atom. The van der Waals surface area contributed by atoms with E-state index in [9.17, 15) is 0 Å². The summed E-state index contributed by atoms with van der Waals surface area (Å²) < 4.78 is 4.73. The Balaban J connectivity index is 0.604. The van der Waals surface area contributed by atoms with E-state index in [-0.39, 0.29) is 5.41 Å². The third kappa shape index (κ3) is 8.52. The average Bonchev–Trinajstić information content (AvgIpc) is 4.18. The van der Waals surface area contributed by atoms with Gasteiger partial charge in [-0.15, -0.1) is 0 Å². The van der Waals surface area contributed by atoms with E-state index in [1.165, 1.54) is 144 Å². The first kappa shape index (κ1) is 47.9. The van der Waals surface area contributed by atoms with Gasteiger partial charge in [-0.05, 0) is 162 Å². The second-order valence-electron chi connectivity index (χ2n) is 22.1. The smallest absolute Gasteiger partial charge is 0.0541 e. The molecule has 0 bridgehead atoms. The highest BCUT2D eigenvalue weighted by atomic mass is 15.0. The van der Waals surface area contributed by atoms with Gasteiger partial charge in [-0.25, -0.2) is 0 Å². The first-order valence-electron chi connectivity index (χ1n) is 28.1. The van der Waals surface area contributed by atoms with Crippen LogP contribution in [0.2, 0.25) is 0 Å². The monoisotopic (exact) mass is 1030 g/mol. The van der Waals surface area contributed by atoms with Crippen LogP contribution in [0.15, 0.2) is 279 Å². The minimum atomic E-state index is -0.141. The first-order valence-corrected chi connectivity index (χ1v) is 28.1. The lowest BCUT2D eigenvalue weighted by atomic mass is 9.81. The molecule has 2 aromatic heterocycles. The van der Waals surface area contributed by atoms with Gasteiger partial charge in [0.2, 0.25) is 0 Å². The molecule has 1 aliphatic carbocycles. The molecule has 0 spiro atoms. The van der Waals surface area contributed by atoms with Crippen LogP contribution in [0.3, 0.4) is 0 Å². The lowest BCUT2D eigenvalue weighted by Crippen LogP contribution is -2.15. The number of para-hydroxylation sites is 4. The Bertz CT molecular complexity index is 4460. The Labute approximate surface area is 473 Å². The van der Waals surface area contributed by atoms with E-state index in [1.54, 1.807) is 0 Å². The second-order valence-corrected chi connectivity index (χ2v) is 22.1. The second kappa shape index (κ2) is 19.6. The standard InChI is InChI=1S/C79H56N2/c1-79(2)73-51-63(59-37-29-55(30-38-59)23-21-53-25-33-57(34-26-53)61-43-47-77-71(49-61)69-17-9-11-19-75(69)80(77)65-13-5-3-6-14-65)41-45-67(73)68-46-42-64(52-74(68)79)60-39-31-56(32-40-60)24-22-54-27-35-58(36-28-54)62-44-48-78-72(50-62)70-18-10-12-20-76(70)81(78)66-15-7-4-8-16-66/h3-52H,1-2H3/b23-21+,24-22+. The van der Waals surface area contributed by atoms with Crippen molar-refractivity contribution in [3.8, 4) is 67.0 Å². The van der Waals surface area contributed by atoms with Gasteiger partial charge in [-0.2, -0.15) is 0 Å². The topological polar surface area (TPSA) is 9.86 Å². The lowest BCUT2D eigenvalue weighted by molar-refractivity contribution is 0.661. The largest absolute Gasteiger partial charge is 0.309 e. The minimum Gasteiger partial charge on any atom is -0.309 e. The van der Waals surface area contributed by atoms with Crippen LogP contribution in [-0.2, 0) is 5.41 Å². The molecule has 14 aromatic rings. The lowest BCUT2D eigenvalue weighted by Gasteiger charge is -2.22. The SMILES string of the molecule is CC1(C)c2cc(-c3ccc(/C=C/c4ccc(-c5ccc6c(c5)c5ccccc5n6-c5ccccc5)cc4)cc3)ccc2-c2ccc(-c3ccc(/C=C/c4ccc(-c5ccc6c(c5)c5ccccc5n6-c5ccccc5)cc4)cc3)cc21. The fourth-order valence-corrected chi connectivity index (χ4v) is 12.6. The summed E-state index contributed by atoms with van der Waals surface area (Å²) >= 11 is 0. The number of hydrogen-bond acceptors (Lipinski definition) is 0. The molecule has 2 nitrogen and oxygen atoms in total. The zero-order chi connectivity index (χ0) is 54.0. The van der Waals surface area contributed by atoms with E-state index < -0.39 is 0 Å². The van der Waals surface area contributed by atoms with E-state index in [0.29, 0.717) is 0 Å². The Kier molecular flexibility index (Phi) is 11.6. The van der Waals surface area contributed by atoms with Crippen LogP contribution in [0.5, 0.6) is 0 Å². The van der Waals surface area contributed by atoms with E-state index >= 15 is 0 Å². The van der Waals surface area contributed by atoms with Crippen molar-refractivity contribution in [3.63, 3.8) is 0 Å². The molecule has 0 saturated heterocycles. The third-order valence-electron chi connectivity index (χ3n) is 17.0. The molecule has 0 unspecified atom stereocenters. The maximum atomic E-state index is 2.42. The molecule has 15 rings (SSSR count). The van der Waals surface area contributed by atoms with Gasteiger partial charge in [0, 0.05) is 38.3 Å². The van der Waals surface area contributed by atoms with Gasteiger partial charge in [0.15, 0.2) is 0 Å². The summed E-state index contributed by atoms with van der Waals surface area (Å²) in [5.41, 5.74) is 27.0. The van der Waals surface area contributed by atoms with Crippen molar-refractivity contribution < 1.29 is 0 Å². The normalized spacial score (nSPS) is 12.8. The van der Waals surface area contributed by atoms with Crippen LogP contribution in [0, 0.1) is 0 Å². The highest BCUT2D eigenvalue weighted by Gasteiger charge is 2.36. The Morgan fingerprint density at radius 1 is 0.247 bits per heavy atom. The maximum Gasteiger partial charge on any atom is 0.0541 e. The summed E-state index contributed by atoms with van der Waals surface area (Å²) in [6.45, 7) is 4.75. The van der Waals surface area contributed by atoms with Crippen LogP contribution in [0.1, 0.15) is 47.2 Å². The van der Waals surface area contributed by atoms with Crippen molar-refractivity contribution >= 4 is 67.9 Å². The van der Waals surface area contributed by atoms with Gasteiger partial charge in [-0.1, -0.05) is 244 Å². The number of aromatic nitrogens is 2. The fraction of sp³-hybridized carbons (Fsp3) is 0.0380. The van der Waals surface area contributed by atoms with Crippen LogP contribution in [0.25, 0.3) is 135 Å². The molecule has 0 aliphatic heterocycles. The van der Waals surface area contributed by atoms with Crippen molar-refractivity contribution in [2.24, 2.45) is 0 Å². The molecule has 0 saturated carbocycles. The molecule has 0 radical (unpaired) electrons. The number of hydrogen-bond donors (Lipinski definition) is 0. The molecular formula is C79H56N2. The summed E-state index contributed by atoms with van der Waals surface area (Å²) in [7, 11) is 0. The molecule has 0 N–H and O–H groups in total. The molecule has 0 atom stereocenters. The van der Waals surface area contributed by atoms with Crippen molar-refractivity contribution in [3.05, 3.63) is 312 Å². The predicted octanol–water partition coefficient (Wildman–Crippen LogP) is 21.2. The van der Waals surface area contributed by atoms with Crippen molar-refractivity contribution in [2.75, 3.05) is 0 Å². The number of benzene rings is 12. The molecule has 0 fully saturated rings. The molecule has 81 heavy (non-hydrogen) atoms. The minimum absolute atomic E-state index is 0.141. The van der Waals surface area contributed by atoms with Crippen LogP contribution < -0.4 is 0 Å². The molecule has 382 valence electrons. The molecule has 12 aromatic carbocycles. The van der Waals surface area contributed by atoms with Crippen LogP contribution >= 0.6 is 0 Å². The summed E-state index contributed by atoms with van der Waals surface area (Å²) in [5.74, 6) is 0. The summed E-state index contributed by atoms with van der Waals surface area (Å²) in [4.78, 5) is 0. The van der Waals surface area contributed by atoms with Gasteiger partial charge in [0.25, 0.3) is 0 Å². The molecule has 1 aliphatic rings. The van der Waals surface area contributed by atoms with Crippen LogP contribution in [0.4, 0.5) is 0 Å². The average molecular weight is 1030 g/mol. The maximum absolute atomic E-state index is 2.42. The summed E-state index contributed by atoms with van der Waals surface area (Å²) in [6.07, 6.45) is 8.84. The van der Waals surface area contributed by atoms with E-state index in [2.05, 4.69) is 326 Å². The van der Waals surface area contributed by atoms with Gasteiger partial charge in [0.1, 0.15) is 0 Å². The van der Waals surface area contributed by atoms with Crippen molar-refractivity contribution in [1.82, 2.24) is 9.13 Å². The quantitative estimate of drug-likeness (QED) is 0.121. The third-order valence-corrected chi connectivity index (χ3v) is 17.0. The molecule has 2 heteroatoms. The van der Waals surface area contributed by atoms with E-state index in [1.807, 2.05) is 0 Å². The number of nitrogens with zero attached hydrogens (tertiary/aromatic N) is 2. The van der Waals surface area contributed by atoms with Crippen LogP contribution in [-0.4, -0.2) is 9.13 Å². The molecular weight excluding hydrogens is 977 g/mol. The van der Waals surface area contributed by atoms with Gasteiger partial charge < -0.3 is 9.13 Å². The zero-order valence-electron chi connectivity index (χ0n) is 45.3. The predicted molar refractivity (Wildman–Crippen MR) is 345 cm³/mol. The molecule has 2 heterocycles. The number of rotatable bonds is 10. The van der Waals surface area contributed by atoms with E-state index in [4.69, 9.17) is 0 Å². The van der Waals surface area contributed by atoms with Gasteiger partial charge in [0.05, 0.1) is 22.1 Å². The first-order chi connectivity index (χ1) is 39.9. The van der Waals surface area contributed by atoms with Gasteiger partial charge >= 0.3 is 0 Å². The fourth-order valence-electron chi connectivity index (χ4n) is 12.6. The Morgan fingerprint density at radius 2 is 0.531 bits per heavy atom. The number of fused-ring (bicyclic) bond motifs is 9. The van der Waals surface area contributed by atoms with Crippen molar-refractivity contribution in [2.45, 2.75) is 19.3 Å².